The molecule has 2 rings (SSSR count). The van der Waals surface area contributed by atoms with E-state index >= 15 is 0 Å². The van der Waals surface area contributed by atoms with Gasteiger partial charge in [-0.1, -0.05) is 0 Å². The average Bonchev–Trinajstić information content (AvgIpc) is 3.01. The van der Waals surface area contributed by atoms with Crippen molar-refractivity contribution >= 4 is 0 Å². The van der Waals surface area contributed by atoms with Gasteiger partial charge in [0.15, 0.2) is 0 Å². The van der Waals surface area contributed by atoms with Gasteiger partial charge in [-0.2, -0.15) is 10.4 Å². The largest absolute Gasteiger partial charge is 0.297 e. The van der Waals surface area contributed by atoms with Gasteiger partial charge in [0.1, 0.15) is 5.54 Å². The first kappa shape index (κ1) is 12.1. The van der Waals surface area contributed by atoms with Crippen LogP contribution in [0.4, 0.5) is 0 Å². The molecule has 1 saturated carbocycles. The highest BCUT2D eigenvalue weighted by molar-refractivity contribution is 5.09. The lowest BCUT2D eigenvalue weighted by atomic mass is 10.00. The fraction of sp³-hybridized carbons (Fsp3) is 0.692. The summed E-state index contributed by atoms with van der Waals surface area (Å²) in [4.78, 5) is 0. The third-order valence-electron chi connectivity index (χ3n) is 3.27. The summed E-state index contributed by atoms with van der Waals surface area (Å²) >= 11 is 0. The number of hydrogen-bond acceptors (Lipinski definition) is 3. The quantitative estimate of drug-likeness (QED) is 0.844. The molecule has 1 aromatic rings. The van der Waals surface area contributed by atoms with Crippen molar-refractivity contribution in [3.8, 4) is 6.07 Å². The highest BCUT2D eigenvalue weighted by Crippen LogP contribution is 2.24. The second-order valence-corrected chi connectivity index (χ2v) is 5.26. The van der Waals surface area contributed by atoms with E-state index < -0.39 is 5.54 Å². The minimum Gasteiger partial charge on any atom is -0.297 e. The smallest absolute Gasteiger partial charge is 0.105 e. The molecule has 1 N–H and O–H groups in total. The summed E-state index contributed by atoms with van der Waals surface area (Å²) in [6.45, 7) is 6.83. The van der Waals surface area contributed by atoms with Crippen molar-refractivity contribution in [3.05, 3.63) is 17.5 Å². The molecule has 0 saturated heterocycles. The van der Waals surface area contributed by atoms with Gasteiger partial charge < -0.3 is 0 Å². The monoisotopic (exact) mass is 232 g/mol. The molecule has 0 amide bonds. The SMILES string of the molecule is Cc1cc(C)n(CCC(C)(C#N)NC2CC2)n1. The summed E-state index contributed by atoms with van der Waals surface area (Å²) in [5, 5.41) is 17.1. The van der Waals surface area contributed by atoms with Gasteiger partial charge in [0.2, 0.25) is 0 Å². The predicted octanol–water partition coefficient (Wildman–Crippen LogP) is 1.92. The van der Waals surface area contributed by atoms with Crippen LogP contribution >= 0.6 is 0 Å². The molecule has 1 aromatic heterocycles. The molecule has 0 spiro atoms. The molecule has 0 radical (unpaired) electrons. The zero-order valence-electron chi connectivity index (χ0n) is 10.8. The average molecular weight is 232 g/mol. The predicted molar refractivity (Wildman–Crippen MR) is 66.5 cm³/mol. The maximum absolute atomic E-state index is 9.27. The normalized spacial score (nSPS) is 18.7. The van der Waals surface area contributed by atoms with E-state index in [1.165, 1.54) is 12.8 Å². The Morgan fingerprint density at radius 2 is 2.29 bits per heavy atom. The number of aryl methyl sites for hydroxylation is 3. The topological polar surface area (TPSA) is 53.6 Å². The molecule has 4 heteroatoms. The Morgan fingerprint density at radius 3 is 2.76 bits per heavy atom. The van der Waals surface area contributed by atoms with Crippen LogP contribution < -0.4 is 5.32 Å². The second kappa shape index (κ2) is 4.50. The Labute approximate surface area is 103 Å². The van der Waals surface area contributed by atoms with Crippen molar-refractivity contribution in [3.63, 3.8) is 0 Å². The van der Waals surface area contributed by atoms with Crippen LogP contribution in [0.2, 0.25) is 0 Å². The zero-order valence-corrected chi connectivity index (χ0v) is 10.8. The molecule has 1 aliphatic carbocycles. The Morgan fingerprint density at radius 1 is 1.59 bits per heavy atom. The number of hydrogen-bond donors (Lipinski definition) is 1. The molecule has 4 nitrogen and oxygen atoms in total. The number of nitrogens with one attached hydrogen (secondary N) is 1. The second-order valence-electron chi connectivity index (χ2n) is 5.26. The third-order valence-corrected chi connectivity index (χ3v) is 3.27. The number of nitriles is 1. The maximum Gasteiger partial charge on any atom is 0.105 e. The van der Waals surface area contributed by atoms with Crippen LogP contribution in [0.25, 0.3) is 0 Å². The lowest BCUT2D eigenvalue weighted by Gasteiger charge is -2.23. The van der Waals surface area contributed by atoms with Gasteiger partial charge in [-0.3, -0.25) is 10.00 Å². The molecule has 0 aromatic carbocycles. The van der Waals surface area contributed by atoms with E-state index in [9.17, 15) is 5.26 Å². The first-order valence-corrected chi connectivity index (χ1v) is 6.22. The molecule has 1 unspecified atom stereocenters. The van der Waals surface area contributed by atoms with Gasteiger partial charge in [0.25, 0.3) is 0 Å². The summed E-state index contributed by atoms with van der Waals surface area (Å²) in [5.41, 5.74) is 1.78. The van der Waals surface area contributed by atoms with Crippen LogP contribution in [0, 0.1) is 25.2 Å². The highest BCUT2D eigenvalue weighted by Gasteiger charge is 2.32. The lowest BCUT2D eigenvalue weighted by molar-refractivity contribution is 0.377. The van der Waals surface area contributed by atoms with Crippen molar-refractivity contribution in [1.82, 2.24) is 15.1 Å². The van der Waals surface area contributed by atoms with Crippen LogP contribution in [-0.2, 0) is 6.54 Å². The van der Waals surface area contributed by atoms with E-state index in [-0.39, 0.29) is 0 Å². The fourth-order valence-corrected chi connectivity index (χ4v) is 2.07. The van der Waals surface area contributed by atoms with Gasteiger partial charge >= 0.3 is 0 Å². The van der Waals surface area contributed by atoms with E-state index in [2.05, 4.69) is 29.5 Å². The fourth-order valence-electron chi connectivity index (χ4n) is 2.07. The minimum atomic E-state index is -0.423. The Hall–Kier alpha value is -1.34. The van der Waals surface area contributed by atoms with Gasteiger partial charge in [0, 0.05) is 18.3 Å². The summed E-state index contributed by atoms with van der Waals surface area (Å²) in [6, 6.07) is 5.02. The molecule has 17 heavy (non-hydrogen) atoms. The molecule has 1 aliphatic rings. The van der Waals surface area contributed by atoms with Gasteiger partial charge in [-0.05, 0) is 46.1 Å². The Balaban J connectivity index is 1.95. The Kier molecular flexibility index (Phi) is 3.21. The molecule has 1 fully saturated rings. The van der Waals surface area contributed by atoms with Crippen molar-refractivity contribution in [1.29, 1.82) is 5.26 Å². The molecule has 0 aliphatic heterocycles. The molecule has 1 heterocycles. The van der Waals surface area contributed by atoms with Crippen LogP contribution in [0.3, 0.4) is 0 Å². The van der Waals surface area contributed by atoms with E-state index in [0.29, 0.717) is 6.04 Å². The summed E-state index contributed by atoms with van der Waals surface area (Å²) < 4.78 is 1.99. The highest BCUT2D eigenvalue weighted by atomic mass is 15.3. The van der Waals surface area contributed by atoms with E-state index in [4.69, 9.17) is 0 Å². The van der Waals surface area contributed by atoms with Gasteiger partial charge in [-0.15, -0.1) is 0 Å². The van der Waals surface area contributed by atoms with Crippen molar-refractivity contribution in [2.45, 2.75) is 58.2 Å². The standard InChI is InChI=1S/C13H20N4/c1-10-8-11(2)17(16-10)7-6-13(3,9-14)15-12-4-5-12/h8,12,15H,4-7H2,1-3H3. The van der Waals surface area contributed by atoms with E-state index in [0.717, 1.165) is 24.4 Å². The van der Waals surface area contributed by atoms with Crippen molar-refractivity contribution < 1.29 is 0 Å². The first-order valence-electron chi connectivity index (χ1n) is 6.22. The van der Waals surface area contributed by atoms with E-state index in [1.54, 1.807) is 0 Å². The number of nitrogens with zero attached hydrogens (tertiary/aromatic N) is 3. The molecule has 1 atom stereocenters. The summed E-state index contributed by atoms with van der Waals surface area (Å²) in [7, 11) is 0. The first-order chi connectivity index (χ1) is 8.02. The van der Waals surface area contributed by atoms with Crippen LogP contribution in [-0.4, -0.2) is 21.4 Å². The van der Waals surface area contributed by atoms with Crippen LogP contribution in [0.15, 0.2) is 6.07 Å². The number of rotatable bonds is 5. The molecular formula is C13H20N4. The van der Waals surface area contributed by atoms with Crippen LogP contribution in [0.5, 0.6) is 0 Å². The Bertz CT molecular complexity index is 439. The van der Waals surface area contributed by atoms with Crippen molar-refractivity contribution in [2.75, 3.05) is 0 Å². The molecule has 92 valence electrons. The molecular weight excluding hydrogens is 212 g/mol. The lowest BCUT2D eigenvalue weighted by Crippen LogP contribution is -2.43. The van der Waals surface area contributed by atoms with Gasteiger partial charge in [-0.25, -0.2) is 0 Å². The third kappa shape index (κ3) is 3.07. The van der Waals surface area contributed by atoms with E-state index in [1.807, 2.05) is 18.5 Å². The summed E-state index contributed by atoms with van der Waals surface area (Å²) in [5.74, 6) is 0. The minimum absolute atomic E-state index is 0.423. The number of aromatic nitrogens is 2. The van der Waals surface area contributed by atoms with Gasteiger partial charge in [0.05, 0.1) is 11.8 Å². The van der Waals surface area contributed by atoms with Crippen molar-refractivity contribution in [2.24, 2.45) is 0 Å². The molecule has 0 bridgehead atoms. The van der Waals surface area contributed by atoms with Crippen LogP contribution in [0.1, 0.15) is 37.6 Å². The summed E-state index contributed by atoms with van der Waals surface area (Å²) in [6.07, 6.45) is 3.20. The zero-order chi connectivity index (χ0) is 12.5. The maximum atomic E-state index is 9.27.